The van der Waals surface area contributed by atoms with Crippen LogP contribution in [0.1, 0.15) is 41.5 Å². The fourth-order valence-electron chi connectivity index (χ4n) is 4.15. The molecule has 3 heteroatoms. The number of hydrogen-bond acceptors (Lipinski definition) is 0. The zero-order valence-electron chi connectivity index (χ0n) is 18.3. The first-order valence-corrected chi connectivity index (χ1v) is 11.8. The second-order valence-corrected chi connectivity index (χ2v) is 9.81. The molecule has 160 valence electrons. The monoisotopic (exact) mass is 442 g/mol. The van der Waals surface area contributed by atoms with E-state index < -0.39 is 0 Å². The van der Waals surface area contributed by atoms with Crippen LogP contribution in [0, 0.1) is 13.8 Å². The normalized spacial score (nSPS) is 17.2. The van der Waals surface area contributed by atoms with Crippen molar-refractivity contribution in [3.8, 4) is 0 Å². The summed E-state index contributed by atoms with van der Waals surface area (Å²) in [5.41, 5.74) is 5.11. The maximum absolute atomic E-state index is 6.63. The van der Waals surface area contributed by atoms with Gasteiger partial charge in [0.25, 0.3) is 0 Å². The highest BCUT2D eigenvalue weighted by Crippen LogP contribution is 2.22. The molecular weight excluding hydrogens is 409 g/mol. The van der Waals surface area contributed by atoms with Gasteiger partial charge in [-0.1, -0.05) is 82.9 Å². The number of quaternary nitrogens is 1. The average molecular weight is 443 g/mol. The molecule has 0 aromatic heterocycles. The van der Waals surface area contributed by atoms with E-state index in [-0.39, 0.29) is 0 Å². The van der Waals surface area contributed by atoms with Crippen molar-refractivity contribution in [3.05, 3.63) is 93.0 Å². The Morgan fingerprint density at radius 3 is 1.50 bits per heavy atom. The molecule has 2 aromatic carbocycles. The van der Waals surface area contributed by atoms with E-state index >= 15 is 0 Å². The van der Waals surface area contributed by atoms with Crippen LogP contribution >= 0.6 is 23.2 Å². The van der Waals surface area contributed by atoms with Crippen LogP contribution in [-0.4, -0.2) is 30.7 Å². The first-order chi connectivity index (χ1) is 14.4. The molecule has 0 saturated carbocycles. The van der Waals surface area contributed by atoms with Gasteiger partial charge in [-0.2, -0.15) is 0 Å². The van der Waals surface area contributed by atoms with Gasteiger partial charge in [0.1, 0.15) is 0 Å². The predicted octanol–water partition coefficient (Wildman–Crippen LogP) is 7.33. The summed E-state index contributed by atoms with van der Waals surface area (Å²) < 4.78 is 1.06. The van der Waals surface area contributed by atoms with Crippen LogP contribution in [-0.2, 0) is 12.8 Å². The molecule has 0 amide bonds. The average Bonchev–Trinajstić information content (AvgIpc) is 2.75. The second kappa shape index (κ2) is 11.2. The van der Waals surface area contributed by atoms with Crippen molar-refractivity contribution in [1.82, 2.24) is 0 Å². The van der Waals surface area contributed by atoms with Crippen molar-refractivity contribution in [3.63, 3.8) is 0 Å². The zero-order chi connectivity index (χ0) is 21.4. The molecule has 1 heterocycles. The van der Waals surface area contributed by atoms with E-state index in [2.05, 4.69) is 74.5 Å². The van der Waals surface area contributed by atoms with Crippen LogP contribution in [0.4, 0.5) is 0 Å². The lowest BCUT2D eigenvalue weighted by molar-refractivity contribution is -0.921. The Morgan fingerprint density at radius 2 is 1.10 bits per heavy atom. The molecule has 0 spiro atoms. The van der Waals surface area contributed by atoms with E-state index in [9.17, 15) is 0 Å². The first-order valence-electron chi connectivity index (χ1n) is 11.1. The number of piperidine rings is 1. The lowest BCUT2D eigenvalue weighted by atomic mass is 10.1. The SMILES string of the molecule is Cc1ccc(C/C(Cl)=C/C[N+]2(C/C=C(\Cl)Cc3ccc(C)cc3)CCCCC2)cc1. The maximum Gasteiger partial charge on any atom is 0.0990 e. The number of nitrogens with zero attached hydrogens (tertiary/aromatic N) is 1. The molecule has 1 nitrogen and oxygen atoms in total. The number of rotatable bonds is 8. The quantitative estimate of drug-likeness (QED) is 0.375. The summed E-state index contributed by atoms with van der Waals surface area (Å²) in [6.07, 6.45) is 10.0. The molecule has 0 bridgehead atoms. The van der Waals surface area contributed by atoms with Crippen molar-refractivity contribution in [2.75, 3.05) is 26.2 Å². The molecule has 0 N–H and O–H groups in total. The molecule has 1 aliphatic heterocycles. The highest BCUT2D eigenvalue weighted by molar-refractivity contribution is 6.30. The standard InChI is InChI=1S/C27H34Cl2N/c1-22-6-10-24(11-7-22)20-26(28)14-18-30(16-4-3-5-17-30)19-15-27(29)21-25-12-8-23(2)9-13-25/h6-15H,3-5,16-21H2,1-2H3/q+1/b26-14-,27-15-. The van der Waals surface area contributed by atoms with Crippen LogP contribution in [0.5, 0.6) is 0 Å². The molecule has 1 saturated heterocycles. The molecule has 30 heavy (non-hydrogen) atoms. The summed E-state index contributed by atoms with van der Waals surface area (Å²) in [5, 5.41) is 1.88. The smallest absolute Gasteiger partial charge is 0.0990 e. The van der Waals surface area contributed by atoms with Gasteiger partial charge in [-0.05, 0) is 56.4 Å². The Bertz CT molecular complexity index is 789. The molecule has 0 radical (unpaired) electrons. The number of aryl methyl sites for hydroxylation is 2. The number of hydrogen-bond donors (Lipinski definition) is 0. The Balaban J connectivity index is 1.63. The summed E-state index contributed by atoms with van der Waals surface area (Å²) in [5.74, 6) is 0. The van der Waals surface area contributed by atoms with Gasteiger partial charge < -0.3 is 4.48 Å². The van der Waals surface area contributed by atoms with Crippen LogP contribution in [0.3, 0.4) is 0 Å². The van der Waals surface area contributed by atoms with Crippen molar-refractivity contribution in [2.45, 2.75) is 46.0 Å². The highest BCUT2D eigenvalue weighted by atomic mass is 35.5. The number of likely N-dealkylation sites (tertiary alicyclic amines) is 1. The Morgan fingerprint density at radius 1 is 0.700 bits per heavy atom. The molecule has 0 unspecified atom stereocenters. The van der Waals surface area contributed by atoms with E-state index in [0.717, 1.165) is 40.5 Å². The summed E-state index contributed by atoms with van der Waals surface area (Å²) in [6, 6.07) is 17.3. The van der Waals surface area contributed by atoms with Gasteiger partial charge in [-0.25, -0.2) is 0 Å². The number of halogens is 2. The molecular formula is C27H34Cl2N+. The highest BCUT2D eigenvalue weighted by Gasteiger charge is 2.28. The van der Waals surface area contributed by atoms with Crippen molar-refractivity contribution in [2.24, 2.45) is 0 Å². The fourth-order valence-corrected chi connectivity index (χ4v) is 4.60. The third-order valence-electron chi connectivity index (χ3n) is 6.15. The summed E-state index contributed by atoms with van der Waals surface area (Å²) in [7, 11) is 0. The minimum Gasteiger partial charge on any atom is -0.317 e. The van der Waals surface area contributed by atoms with Gasteiger partial charge in [-0.3, -0.25) is 0 Å². The van der Waals surface area contributed by atoms with Gasteiger partial charge in [0, 0.05) is 22.9 Å². The maximum atomic E-state index is 6.63. The van der Waals surface area contributed by atoms with Gasteiger partial charge in [0.05, 0.1) is 26.2 Å². The number of benzene rings is 2. The van der Waals surface area contributed by atoms with E-state index in [1.807, 2.05) is 0 Å². The molecule has 1 aliphatic rings. The summed E-state index contributed by atoms with van der Waals surface area (Å²) in [6.45, 7) is 8.60. The molecule has 2 aromatic rings. The predicted molar refractivity (Wildman–Crippen MR) is 131 cm³/mol. The summed E-state index contributed by atoms with van der Waals surface area (Å²) in [4.78, 5) is 0. The minimum atomic E-state index is 0.811. The Kier molecular flexibility index (Phi) is 8.62. The van der Waals surface area contributed by atoms with Gasteiger partial charge in [0.2, 0.25) is 0 Å². The zero-order valence-corrected chi connectivity index (χ0v) is 19.9. The van der Waals surface area contributed by atoms with Crippen molar-refractivity contribution < 1.29 is 4.48 Å². The Labute approximate surface area is 192 Å². The minimum absolute atomic E-state index is 0.811. The third kappa shape index (κ3) is 7.30. The topological polar surface area (TPSA) is 0 Å². The van der Waals surface area contributed by atoms with E-state index in [0.29, 0.717) is 0 Å². The van der Waals surface area contributed by atoms with Crippen LogP contribution < -0.4 is 0 Å². The van der Waals surface area contributed by atoms with E-state index in [1.165, 1.54) is 54.6 Å². The second-order valence-electron chi connectivity index (χ2n) is 8.84. The molecule has 0 aliphatic carbocycles. The van der Waals surface area contributed by atoms with Gasteiger partial charge in [0.15, 0.2) is 0 Å². The van der Waals surface area contributed by atoms with Crippen LogP contribution in [0.2, 0.25) is 0 Å². The first kappa shape index (κ1) is 23.1. The molecule has 1 fully saturated rings. The lowest BCUT2D eigenvalue weighted by Gasteiger charge is -2.40. The van der Waals surface area contributed by atoms with Gasteiger partial charge in [-0.15, -0.1) is 0 Å². The van der Waals surface area contributed by atoms with Crippen molar-refractivity contribution >= 4 is 23.2 Å². The Hall–Kier alpha value is -1.54. The van der Waals surface area contributed by atoms with Gasteiger partial charge >= 0.3 is 0 Å². The van der Waals surface area contributed by atoms with Crippen LogP contribution in [0.15, 0.2) is 70.7 Å². The lowest BCUT2D eigenvalue weighted by Crippen LogP contribution is -2.51. The van der Waals surface area contributed by atoms with Crippen molar-refractivity contribution in [1.29, 1.82) is 0 Å². The molecule has 0 atom stereocenters. The molecule has 3 rings (SSSR count). The van der Waals surface area contributed by atoms with E-state index in [4.69, 9.17) is 23.2 Å². The third-order valence-corrected chi connectivity index (χ3v) is 6.73. The van der Waals surface area contributed by atoms with E-state index in [1.54, 1.807) is 0 Å². The van der Waals surface area contributed by atoms with Crippen LogP contribution in [0.25, 0.3) is 0 Å². The summed E-state index contributed by atoms with van der Waals surface area (Å²) >= 11 is 13.3. The fraction of sp³-hybridized carbons (Fsp3) is 0.407. The largest absolute Gasteiger partial charge is 0.317 e. The number of allylic oxidation sites excluding steroid dienone is 2.